The Morgan fingerprint density at radius 2 is 1.59 bits per heavy atom. The molecule has 7 rings (SSSR count). The standard InChI is InChI=1S/C37H30FNO7/c38-28-13-7-12-24(34(28)44)32-22-14-15-23-31(36(46)39(35(23)45)17-16-30(41)42)26(22)18-27-33(43)25(20-8-3-1-4-9-20)19-29(40)37(27,32)21-10-5-2-6-11-21/h1-14,19,23,26-27,31-32,44H,15-18H2,(H,41,42). The minimum absolute atomic E-state index is 0.0506. The van der Waals surface area contributed by atoms with Crippen molar-refractivity contribution in [1.29, 1.82) is 0 Å². The van der Waals surface area contributed by atoms with E-state index in [0.717, 1.165) is 11.0 Å². The van der Waals surface area contributed by atoms with Gasteiger partial charge in [-0.3, -0.25) is 28.9 Å². The molecule has 6 atom stereocenters. The van der Waals surface area contributed by atoms with Crippen molar-refractivity contribution in [3.63, 3.8) is 0 Å². The highest BCUT2D eigenvalue weighted by atomic mass is 19.1. The van der Waals surface area contributed by atoms with Gasteiger partial charge in [0.05, 0.1) is 23.7 Å². The summed E-state index contributed by atoms with van der Waals surface area (Å²) in [6.45, 7) is -0.272. The Morgan fingerprint density at radius 1 is 0.891 bits per heavy atom. The highest BCUT2D eigenvalue weighted by molar-refractivity contribution is 6.31. The van der Waals surface area contributed by atoms with Crippen LogP contribution in [0.4, 0.5) is 4.39 Å². The Labute approximate surface area is 263 Å². The molecule has 0 bridgehead atoms. The number of hydrogen-bond acceptors (Lipinski definition) is 6. The Hall–Kier alpha value is -5.18. The molecule has 2 N–H and O–H groups in total. The second-order valence-corrected chi connectivity index (χ2v) is 12.4. The number of Topliss-reactive ketones (excluding diaryl/α,β-unsaturated/α-hetero) is 1. The topological polar surface area (TPSA) is 129 Å². The molecule has 0 aromatic heterocycles. The molecule has 1 heterocycles. The number of aliphatic carboxylic acids is 1. The second kappa shape index (κ2) is 11.0. The molecule has 8 nitrogen and oxygen atoms in total. The number of carboxylic acid groups (broad SMARTS) is 1. The van der Waals surface area contributed by atoms with E-state index in [2.05, 4.69) is 0 Å². The monoisotopic (exact) mass is 619 g/mol. The normalized spacial score (nSPS) is 28.6. The number of likely N-dealkylation sites (tertiary alicyclic amines) is 1. The van der Waals surface area contributed by atoms with Crippen molar-refractivity contribution >= 4 is 34.9 Å². The average Bonchev–Trinajstić information content (AvgIpc) is 3.31. The lowest BCUT2D eigenvalue weighted by Gasteiger charge is -2.55. The molecule has 2 fully saturated rings. The zero-order valence-electron chi connectivity index (χ0n) is 24.6. The first-order valence-electron chi connectivity index (χ1n) is 15.3. The van der Waals surface area contributed by atoms with Crippen LogP contribution in [0.15, 0.2) is 96.6 Å². The number of aromatic hydroxyl groups is 1. The van der Waals surface area contributed by atoms with Gasteiger partial charge in [0.15, 0.2) is 23.1 Å². The lowest BCUT2D eigenvalue weighted by atomic mass is 9.44. The third-order valence-corrected chi connectivity index (χ3v) is 10.3. The molecule has 0 radical (unpaired) electrons. The van der Waals surface area contributed by atoms with E-state index in [4.69, 9.17) is 0 Å². The summed E-state index contributed by atoms with van der Waals surface area (Å²) in [5, 5.41) is 20.5. The van der Waals surface area contributed by atoms with Crippen LogP contribution < -0.4 is 0 Å². The Kier molecular flexibility index (Phi) is 7.07. The number of fused-ring (bicyclic) bond motifs is 4. The van der Waals surface area contributed by atoms with Gasteiger partial charge in [-0.15, -0.1) is 0 Å². The molecule has 4 aliphatic rings. The summed E-state index contributed by atoms with van der Waals surface area (Å²) in [6, 6.07) is 21.7. The SMILES string of the molecule is O=C(O)CCN1C(=O)C2CC=C3C(CC4C(=O)C(c5ccccc5)=CC(=O)C4(c4ccccc4)C3c3cccc(F)c3O)C2C1=O. The van der Waals surface area contributed by atoms with Gasteiger partial charge in [-0.1, -0.05) is 84.4 Å². The summed E-state index contributed by atoms with van der Waals surface area (Å²) >= 11 is 0. The van der Waals surface area contributed by atoms with Crippen molar-refractivity contribution < 1.29 is 38.6 Å². The summed E-state index contributed by atoms with van der Waals surface area (Å²) in [7, 11) is 0. The van der Waals surface area contributed by atoms with Crippen molar-refractivity contribution in [1.82, 2.24) is 4.90 Å². The Balaban J connectivity index is 1.48. The zero-order chi connectivity index (χ0) is 32.3. The minimum Gasteiger partial charge on any atom is -0.505 e. The van der Waals surface area contributed by atoms with Crippen LogP contribution in [0.1, 0.15) is 41.9 Å². The fraction of sp³-hybridized carbons (Fsp3) is 0.270. The van der Waals surface area contributed by atoms with Crippen molar-refractivity contribution in [3.8, 4) is 5.75 Å². The van der Waals surface area contributed by atoms with Crippen LogP contribution in [-0.2, 0) is 29.4 Å². The molecule has 1 aliphatic heterocycles. The maximum absolute atomic E-state index is 15.1. The molecule has 1 saturated heterocycles. The third kappa shape index (κ3) is 4.21. The number of carboxylic acids is 1. The molecule has 3 aromatic carbocycles. The number of amides is 2. The predicted octanol–water partition coefficient (Wildman–Crippen LogP) is 4.83. The minimum atomic E-state index is -1.59. The summed E-state index contributed by atoms with van der Waals surface area (Å²) < 4.78 is 15.1. The van der Waals surface area contributed by atoms with Gasteiger partial charge < -0.3 is 10.2 Å². The van der Waals surface area contributed by atoms with E-state index in [1.165, 1.54) is 18.2 Å². The van der Waals surface area contributed by atoms with E-state index in [1.54, 1.807) is 60.7 Å². The molecule has 232 valence electrons. The fourth-order valence-electron chi connectivity index (χ4n) is 8.48. The van der Waals surface area contributed by atoms with E-state index in [-0.39, 0.29) is 42.1 Å². The van der Waals surface area contributed by atoms with Gasteiger partial charge in [0, 0.05) is 29.5 Å². The fourth-order valence-corrected chi connectivity index (χ4v) is 8.48. The number of nitrogens with zero attached hydrogens (tertiary/aromatic N) is 1. The average molecular weight is 620 g/mol. The molecule has 0 spiro atoms. The van der Waals surface area contributed by atoms with E-state index >= 15 is 4.39 Å². The predicted molar refractivity (Wildman–Crippen MR) is 164 cm³/mol. The third-order valence-electron chi connectivity index (χ3n) is 10.3. The molecule has 6 unspecified atom stereocenters. The Bertz CT molecular complexity index is 1870. The number of carbonyl (C=O) groups excluding carboxylic acids is 4. The van der Waals surface area contributed by atoms with Gasteiger partial charge in [0.2, 0.25) is 11.8 Å². The number of benzene rings is 3. The molecular weight excluding hydrogens is 589 g/mol. The van der Waals surface area contributed by atoms with Crippen LogP contribution in [0.25, 0.3) is 5.57 Å². The van der Waals surface area contributed by atoms with Crippen LogP contribution in [0.3, 0.4) is 0 Å². The van der Waals surface area contributed by atoms with Crippen molar-refractivity contribution in [2.45, 2.75) is 30.6 Å². The van der Waals surface area contributed by atoms with Gasteiger partial charge in [0.25, 0.3) is 0 Å². The first kappa shape index (κ1) is 29.5. The summed E-state index contributed by atoms with van der Waals surface area (Å²) in [6.07, 6.45) is 2.95. The summed E-state index contributed by atoms with van der Waals surface area (Å²) in [4.78, 5) is 69.4. The smallest absolute Gasteiger partial charge is 0.305 e. The first-order chi connectivity index (χ1) is 22.2. The van der Waals surface area contributed by atoms with Crippen molar-refractivity contribution in [2.75, 3.05) is 6.54 Å². The molecule has 1 saturated carbocycles. The maximum atomic E-state index is 15.1. The van der Waals surface area contributed by atoms with Gasteiger partial charge in [0.1, 0.15) is 0 Å². The number of rotatable bonds is 6. The Morgan fingerprint density at radius 3 is 2.28 bits per heavy atom. The van der Waals surface area contributed by atoms with Crippen LogP contribution in [0.2, 0.25) is 0 Å². The first-order valence-corrected chi connectivity index (χ1v) is 15.3. The van der Waals surface area contributed by atoms with Crippen LogP contribution >= 0.6 is 0 Å². The van der Waals surface area contributed by atoms with Crippen LogP contribution in [0, 0.1) is 29.5 Å². The van der Waals surface area contributed by atoms with Gasteiger partial charge in [-0.2, -0.15) is 0 Å². The second-order valence-electron chi connectivity index (χ2n) is 12.4. The van der Waals surface area contributed by atoms with Gasteiger partial charge >= 0.3 is 5.97 Å². The molecule has 3 aromatic rings. The zero-order valence-corrected chi connectivity index (χ0v) is 24.6. The highest BCUT2D eigenvalue weighted by Gasteiger charge is 2.66. The number of halogens is 1. The molecular formula is C37H30FNO7. The molecule has 46 heavy (non-hydrogen) atoms. The van der Waals surface area contributed by atoms with Crippen molar-refractivity contribution in [3.05, 3.63) is 119 Å². The number of phenolic OH excluding ortho intramolecular Hbond substituents is 1. The van der Waals surface area contributed by atoms with Crippen LogP contribution in [0.5, 0.6) is 5.75 Å². The van der Waals surface area contributed by atoms with Gasteiger partial charge in [-0.05, 0) is 42.0 Å². The largest absolute Gasteiger partial charge is 0.505 e. The summed E-state index contributed by atoms with van der Waals surface area (Å²) in [5.41, 5.74) is 0.408. The number of allylic oxidation sites excluding steroid dienone is 4. The molecule has 3 aliphatic carbocycles. The van der Waals surface area contributed by atoms with Crippen LogP contribution in [-0.4, -0.2) is 51.0 Å². The maximum Gasteiger partial charge on any atom is 0.305 e. The molecule has 9 heteroatoms. The highest BCUT2D eigenvalue weighted by Crippen LogP contribution is 2.64. The quantitative estimate of drug-likeness (QED) is 0.299. The number of imide groups is 1. The van der Waals surface area contributed by atoms with E-state index in [1.807, 2.05) is 6.08 Å². The van der Waals surface area contributed by atoms with Crippen molar-refractivity contribution in [2.24, 2.45) is 23.7 Å². The summed E-state index contributed by atoms with van der Waals surface area (Å²) in [5.74, 6) is -8.83. The van der Waals surface area contributed by atoms with E-state index < -0.39 is 70.8 Å². The lowest BCUT2D eigenvalue weighted by Crippen LogP contribution is -2.58. The number of carbonyl (C=O) groups is 5. The number of phenols is 1. The number of ketones is 2. The number of para-hydroxylation sites is 1. The van der Waals surface area contributed by atoms with Gasteiger partial charge in [-0.25, -0.2) is 4.39 Å². The van der Waals surface area contributed by atoms with E-state index in [0.29, 0.717) is 16.7 Å². The lowest BCUT2D eigenvalue weighted by molar-refractivity contribution is -0.142. The number of hydrogen-bond donors (Lipinski definition) is 2. The molecule has 2 amide bonds. The van der Waals surface area contributed by atoms with E-state index in [9.17, 15) is 34.2 Å².